The quantitative estimate of drug-likeness (QED) is 0.355. The Morgan fingerprint density at radius 2 is 1.61 bits per heavy atom. The predicted octanol–water partition coefficient (Wildman–Crippen LogP) is 6.50. The molecular formula is C23H20ClN3S. The van der Waals surface area contributed by atoms with Crippen LogP contribution in [0, 0.1) is 13.8 Å². The van der Waals surface area contributed by atoms with E-state index >= 15 is 0 Å². The molecule has 0 unspecified atom stereocenters. The molecule has 0 bridgehead atoms. The first-order valence-electron chi connectivity index (χ1n) is 9.07. The maximum Gasteiger partial charge on any atom is 0.196 e. The molecule has 5 heteroatoms. The van der Waals surface area contributed by atoms with Crippen molar-refractivity contribution < 1.29 is 0 Å². The summed E-state index contributed by atoms with van der Waals surface area (Å²) >= 11 is 7.97. The molecule has 0 aliphatic rings. The van der Waals surface area contributed by atoms with Gasteiger partial charge in [0.25, 0.3) is 0 Å². The number of hydrogen-bond acceptors (Lipinski definition) is 3. The minimum Gasteiger partial charge on any atom is -0.270 e. The molecule has 1 heterocycles. The van der Waals surface area contributed by atoms with E-state index in [1.807, 2.05) is 24.3 Å². The smallest absolute Gasteiger partial charge is 0.196 e. The molecule has 0 aliphatic heterocycles. The molecular weight excluding hydrogens is 386 g/mol. The Labute approximate surface area is 174 Å². The van der Waals surface area contributed by atoms with Crippen molar-refractivity contribution in [2.75, 3.05) is 0 Å². The molecule has 0 saturated carbocycles. The van der Waals surface area contributed by atoms with Gasteiger partial charge in [-0.1, -0.05) is 77.5 Å². The second kappa shape index (κ2) is 8.21. The molecule has 0 saturated heterocycles. The number of halogens is 1. The van der Waals surface area contributed by atoms with Crippen molar-refractivity contribution >= 4 is 23.4 Å². The number of benzene rings is 3. The van der Waals surface area contributed by atoms with E-state index in [-0.39, 0.29) is 0 Å². The molecule has 0 aliphatic carbocycles. The van der Waals surface area contributed by atoms with Crippen LogP contribution in [0.3, 0.4) is 0 Å². The third kappa shape index (κ3) is 3.98. The molecule has 3 aromatic carbocycles. The zero-order valence-corrected chi connectivity index (χ0v) is 17.3. The van der Waals surface area contributed by atoms with Gasteiger partial charge in [-0.05, 0) is 49.2 Å². The fourth-order valence-corrected chi connectivity index (χ4v) is 4.33. The molecule has 0 atom stereocenters. The molecule has 0 spiro atoms. The van der Waals surface area contributed by atoms with E-state index in [1.54, 1.807) is 11.8 Å². The number of thioether (sulfide) groups is 1. The first-order chi connectivity index (χ1) is 13.6. The topological polar surface area (TPSA) is 30.7 Å². The molecule has 140 valence electrons. The normalized spacial score (nSPS) is 11.0. The largest absolute Gasteiger partial charge is 0.270 e. The average Bonchev–Trinajstić information content (AvgIpc) is 3.11. The summed E-state index contributed by atoms with van der Waals surface area (Å²) in [4.78, 5) is 0. The van der Waals surface area contributed by atoms with Crippen LogP contribution in [0.2, 0.25) is 5.02 Å². The van der Waals surface area contributed by atoms with Gasteiger partial charge in [0.2, 0.25) is 0 Å². The van der Waals surface area contributed by atoms with Gasteiger partial charge in [0.15, 0.2) is 11.0 Å². The van der Waals surface area contributed by atoms with Crippen LogP contribution in [-0.2, 0) is 5.75 Å². The Balaban J connectivity index is 1.77. The molecule has 1 aromatic heterocycles. The van der Waals surface area contributed by atoms with Crippen LogP contribution in [0.25, 0.3) is 17.1 Å². The van der Waals surface area contributed by atoms with Crippen molar-refractivity contribution in [2.45, 2.75) is 24.8 Å². The highest BCUT2D eigenvalue weighted by Gasteiger charge is 2.17. The lowest BCUT2D eigenvalue weighted by Gasteiger charge is -2.12. The highest BCUT2D eigenvalue weighted by molar-refractivity contribution is 7.98. The van der Waals surface area contributed by atoms with Gasteiger partial charge in [-0.25, -0.2) is 0 Å². The lowest BCUT2D eigenvalue weighted by molar-refractivity contribution is 0.885. The van der Waals surface area contributed by atoms with Gasteiger partial charge in [-0.3, -0.25) is 4.57 Å². The summed E-state index contributed by atoms with van der Waals surface area (Å²) in [5.74, 6) is 1.58. The van der Waals surface area contributed by atoms with Crippen molar-refractivity contribution in [1.82, 2.24) is 14.8 Å². The SMILES string of the molecule is Cc1cccc(-c2nnc(SCc3ccccc3Cl)n2-c2cccc(C)c2)c1. The van der Waals surface area contributed by atoms with Crippen LogP contribution in [0.15, 0.2) is 78.0 Å². The summed E-state index contributed by atoms with van der Waals surface area (Å²) in [5.41, 5.74) is 5.59. The molecule has 0 amide bonds. The number of rotatable bonds is 5. The van der Waals surface area contributed by atoms with E-state index in [0.29, 0.717) is 0 Å². The summed E-state index contributed by atoms with van der Waals surface area (Å²) in [6, 6.07) is 24.7. The van der Waals surface area contributed by atoms with Gasteiger partial charge < -0.3 is 0 Å². The van der Waals surface area contributed by atoms with Crippen molar-refractivity contribution in [3.8, 4) is 17.1 Å². The highest BCUT2D eigenvalue weighted by Crippen LogP contribution is 2.31. The monoisotopic (exact) mass is 405 g/mol. The van der Waals surface area contributed by atoms with E-state index in [9.17, 15) is 0 Å². The second-order valence-corrected chi connectivity index (χ2v) is 8.08. The maximum atomic E-state index is 6.33. The molecule has 28 heavy (non-hydrogen) atoms. The van der Waals surface area contributed by atoms with Crippen LogP contribution in [0.4, 0.5) is 0 Å². The molecule has 4 aromatic rings. The minimum atomic E-state index is 0.734. The van der Waals surface area contributed by atoms with Gasteiger partial charge in [0, 0.05) is 22.0 Å². The number of nitrogens with zero attached hydrogens (tertiary/aromatic N) is 3. The fourth-order valence-electron chi connectivity index (χ4n) is 3.09. The lowest BCUT2D eigenvalue weighted by Crippen LogP contribution is -2.00. The van der Waals surface area contributed by atoms with Crippen molar-refractivity contribution in [2.24, 2.45) is 0 Å². The molecule has 0 N–H and O–H groups in total. The lowest BCUT2D eigenvalue weighted by atomic mass is 10.1. The number of aromatic nitrogens is 3. The van der Waals surface area contributed by atoms with Crippen LogP contribution < -0.4 is 0 Å². The third-order valence-corrected chi connectivity index (χ3v) is 5.83. The molecule has 4 rings (SSSR count). The predicted molar refractivity (Wildman–Crippen MR) is 117 cm³/mol. The van der Waals surface area contributed by atoms with Gasteiger partial charge >= 0.3 is 0 Å². The van der Waals surface area contributed by atoms with E-state index in [1.165, 1.54) is 11.1 Å². The summed E-state index contributed by atoms with van der Waals surface area (Å²) in [7, 11) is 0. The third-order valence-electron chi connectivity index (χ3n) is 4.48. The summed E-state index contributed by atoms with van der Waals surface area (Å²) in [6.45, 7) is 4.18. The Kier molecular flexibility index (Phi) is 5.51. The van der Waals surface area contributed by atoms with Gasteiger partial charge in [0.1, 0.15) is 0 Å². The summed E-state index contributed by atoms with van der Waals surface area (Å²) in [5, 5.41) is 10.7. The van der Waals surface area contributed by atoms with E-state index in [4.69, 9.17) is 11.6 Å². The van der Waals surface area contributed by atoms with Gasteiger partial charge in [-0.15, -0.1) is 10.2 Å². The van der Waals surface area contributed by atoms with Crippen molar-refractivity contribution in [1.29, 1.82) is 0 Å². The molecule has 0 fully saturated rings. The maximum absolute atomic E-state index is 6.33. The van der Waals surface area contributed by atoms with Gasteiger partial charge in [0.05, 0.1) is 0 Å². The first-order valence-corrected chi connectivity index (χ1v) is 10.4. The molecule has 3 nitrogen and oxygen atoms in total. The van der Waals surface area contributed by atoms with Crippen LogP contribution in [0.1, 0.15) is 16.7 Å². The number of hydrogen-bond donors (Lipinski definition) is 0. The van der Waals surface area contributed by atoms with Crippen LogP contribution in [0.5, 0.6) is 0 Å². The van der Waals surface area contributed by atoms with E-state index in [0.717, 1.165) is 38.6 Å². The van der Waals surface area contributed by atoms with E-state index in [2.05, 4.69) is 77.1 Å². The van der Waals surface area contributed by atoms with E-state index < -0.39 is 0 Å². The van der Waals surface area contributed by atoms with Crippen LogP contribution in [-0.4, -0.2) is 14.8 Å². The average molecular weight is 406 g/mol. The second-order valence-electron chi connectivity index (χ2n) is 6.73. The van der Waals surface area contributed by atoms with Crippen molar-refractivity contribution in [3.63, 3.8) is 0 Å². The summed E-state index contributed by atoms with van der Waals surface area (Å²) in [6.07, 6.45) is 0. The Morgan fingerprint density at radius 1 is 0.857 bits per heavy atom. The number of aryl methyl sites for hydroxylation is 2. The first kappa shape index (κ1) is 18.8. The highest BCUT2D eigenvalue weighted by atomic mass is 35.5. The van der Waals surface area contributed by atoms with Gasteiger partial charge in [-0.2, -0.15) is 0 Å². The Hall–Kier alpha value is -2.56. The molecule has 0 radical (unpaired) electrons. The zero-order chi connectivity index (χ0) is 19.5. The fraction of sp³-hybridized carbons (Fsp3) is 0.130. The van der Waals surface area contributed by atoms with Crippen molar-refractivity contribution in [3.05, 3.63) is 94.5 Å². The van der Waals surface area contributed by atoms with Crippen LogP contribution >= 0.6 is 23.4 Å². The summed E-state index contributed by atoms with van der Waals surface area (Å²) < 4.78 is 2.13. The Morgan fingerprint density at radius 3 is 2.36 bits per heavy atom. The Bertz CT molecular complexity index is 1120. The zero-order valence-electron chi connectivity index (χ0n) is 15.8. The minimum absolute atomic E-state index is 0.734. The standard InChI is InChI=1S/C23H20ClN3S/c1-16-7-5-10-18(13-16)22-25-26-23(27(22)20-11-6-8-17(2)14-20)28-15-19-9-3-4-12-21(19)24/h3-14H,15H2,1-2H3.